The third-order valence-corrected chi connectivity index (χ3v) is 5.88. The first kappa shape index (κ1) is 31.0. The van der Waals surface area contributed by atoms with Crippen molar-refractivity contribution < 1.29 is 29.1 Å². The lowest BCUT2D eigenvalue weighted by atomic mass is 10.0. The molecule has 212 valence electrons. The van der Waals surface area contributed by atoms with Crippen molar-refractivity contribution in [1.29, 1.82) is 0 Å². The zero-order chi connectivity index (χ0) is 28.9. The van der Waals surface area contributed by atoms with E-state index in [2.05, 4.69) is 25.9 Å². The van der Waals surface area contributed by atoms with Gasteiger partial charge in [0.2, 0.25) is 23.6 Å². The number of carboxylic acids is 1. The number of carbonyl (C=O) groups excluding carboxylic acids is 4. The van der Waals surface area contributed by atoms with Crippen LogP contribution in [0.1, 0.15) is 44.4 Å². The minimum absolute atomic E-state index is 0.00922. The number of aromatic nitrogens is 2. The van der Waals surface area contributed by atoms with Crippen LogP contribution in [-0.4, -0.2) is 68.8 Å². The zero-order valence-electron chi connectivity index (χ0n) is 22.1. The molecule has 4 unspecified atom stereocenters. The first-order valence-corrected chi connectivity index (χ1v) is 12.6. The molecule has 0 aliphatic rings. The second kappa shape index (κ2) is 15.2. The largest absolute Gasteiger partial charge is 0.480 e. The Morgan fingerprint density at radius 2 is 1.54 bits per heavy atom. The average Bonchev–Trinajstić information content (AvgIpc) is 3.38. The van der Waals surface area contributed by atoms with Crippen molar-refractivity contribution in [2.75, 3.05) is 0 Å². The second-order valence-electron chi connectivity index (χ2n) is 9.73. The molecular weight excluding hydrogens is 506 g/mol. The van der Waals surface area contributed by atoms with Gasteiger partial charge in [-0.2, -0.15) is 0 Å². The lowest BCUT2D eigenvalue weighted by Gasteiger charge is -2.26. The number of carbonyl (C=O) groups is 5. The fourth-order valence-electron chi connectivity index (χ4n) is 3.86. The number of hydrogen-bond acceptors (Lipinski definition) is 7. The molecule has 0 saturated carbocycles. The minimum Gasteiger partial charge on any atom is -0.480 e. The number of primary amides is 1. The number of amides is 4. The maximum atomic E-state index is 13.2. The molecule has 13 heteroatoms. The van der Waals surface area contributed by atoms with Crippen molar-refractivity contribution in [2.24, 2.45) is 17.4 Å². The molecule has 1 aromatic carbocycles. The summed E-state index contributed by atoms with van der Waals surface area (Å²) in [5, 5.41) is 17.3. The molecule has 0 fully saturated rings. The molecule has 0 spiro atoms. The van der Waals surface area contributed by atoms with E-state index in [4.69, 9.17) is 11.5 Å². The van der Waals surface area contributed by atoms with E-state index >= 15 is 0 Å². The zero-order valence-corrected chi connectivity index (χ0v) is 22.1. The SMILES string of the molecule is CC(C)CC(NC(=O)C(N)Cc1cnc[nH]1)C(=O)NC(CCC(N)=O)C(=O)NC(Cc1ccccc1)C(=O)O. The van der Waals surface area contributed by atoms with Crippen LogP contribution in [-0.2, 0) is 36.8 Å². The van der Waals surface area contributed by atoms with Gasteiger partial charge in [-0.25, -0.2) is 9.78 Å². The van der Waals surface area contributed by atoms with Crippen molar-refractivity contribution >= 4 is 29.6 Å². The van der Waals surface area contributed by atoms with Gasteiger partial charge in [0.05, 0.1) is 12.4 Å². The molecule has 4 atom stereocenters. The van der Waals surface area contributed by atoms with Crippen LogP contribution in [0.2, 0.25) is 0 Å². The number of H-pyrrole nitrogens is 1. The Morgan fingerprint density at radius 3 is 2.10 bits per heavy atom. The molecule has 1 aromatic heterocycles. The van der Waals surface area contributed by atoms with E-state index in [1.165, 1.54) is 12.5 Å². The van der Waals surface area contributed by atoms with Gasteiger partial charge in [0.15, 0.2) is 0 Å². The van der Waals surface area contributed by atoms with E-state index in [9.17, 15) is 29.1 Å². The van der Waals surface area contributed by atoms with E-state index in [1.807, 2.05) is 13.8 Å². The van der Waals surface area contributed by atoms with Gasteiger partial charge in [-0.1, -0.05) is 44.2 Å². The maximum Gasteiger partial charge on any atom is 0.326 e. The number of hydrogen-bond donors (Lipinski definition) is 7. The fraction of sp³-hybridized carbons (Fsp3) is 0.462. The summed E-state index contributed by atoms with van der Waals surface area (Å²) in [6.07, 6.45) is 3.03. The molecule has 1 heterocycles. The molecule has 0 bridgehead atoms. The van der Waals surface area contributed by atoms with E-state index in [0.29, 0.717) is 11.3 Å². The summed E-state index contributed by atoms with van der Waals surface area (Å²) in [5.41, 5.74) is 12.6. The van der Waals surface area contributed by atoms with Crippen molar-refractivity contribution in [3.63, 3.8) is 0 Å². The highest BCUT2D eigenvalue weighted by Gasteiger charge is 2.31. The number of rotatable bonds is 16. The fourth-order valence-corrected chi connectivity index (χ4v) is 3.86. The van der Waals surface area contributed by atoms with Crippen molar-refractivity contribution in [3.8, 4) is 0 Å². The molecule has 0 radical (unpaired) electrons. The number of nitrogens with two attached hydrogens (primary N) is 2. The average molecular weight is 544 g/mol. The van der Waals surface area contributed by atoms with E-state index in [0.717, 1.165) is 0 Å². The Bertz CT molecular complexity index is 1110. The number of nitrogens with zero attached hydrogens (tertiary/aromatic N) is 1. The number of imidazole rings is 1. The van der Waals surface area contributed by atoms with Crippen LogP contribution in [0.3, 0.4) is 0 Å². The van der Waals surface area contributed by atoms with Crippen molar-refractivity contribution in [3.05, 3.63) is 54.1 Å². The lowest BCUT2D eigenvalue weighted by Crippen LogP contribution is -2.57. The normalized spacial score (nSPS) is 14.1. The maximum absolute atomic E-state index is 13.2. The number of aromatic amines is 1. The highest BCUT2D eigenvalue weighted by atomic mass is 16.4. The summed E-state index contributed by atoms with van der Waals surface area (Å²) >= 11 is 0. The molecule has 0 saturated heterocycles. The highest BCUT2D eigenvalue weighted by molar-refractivity contribution is 5.94. The third kappa shape index (κ3) is 10.9. The molecule has 0 aliphatic carbocycles. The summed E-state index contributed by atoms with van der Waals surface area (Å²) in [7, 11) is 0. The third-order valence-electron chi connectivity index (χ3n) is 5.88. The van der Waals surface area contributed by atoms with Crippen LogP contribution in [0, 0.1) is 5.92 Å². The molecule has 13 nitrogen and oxygen atoms in total. The Balaban J connectivity index is 2.14. The standard InChI is InChI=1S/C26H37N7O6/c1-15(2)10-20(32-23(35)18(27)12-17-13-29-14-30-17)25(37)31-19(8-9-22(28)34)24(36)33-21(26(38)39)11-16-6-4-3-5-7-16/h3-7,13-15,18-21H,8-12,27H2,1-2H3,(H2,28,34)(H,29,30)(H,31,37)(H,32,35)(H,33,36)(H,38,39). The Labute approximate surface area is 226 Å². The van der Waals surface area contributed by atoms with E-state index in [1.54, 1.807) is 30.3 Å². The lowest BCUT2D eigenvalue weighted by molar-refractivity contribution is -0.142. The summed E-state index contributed by atoms with van der Waals surface area (Å²) in [4.78, 5) is 69.1. The van der Waals surface area contributed by atoms with Gasteiger partial charge < -0.3 is 37.5 Å². The first-order valence-electron chi connectivity index (χ1n) is 12.6. The van der Waals surface area contributed by atoms with Crippen LogP contribution < -0.4 is 27.4 Å². The monoisotopic (exact) mass is 543 g/mol. The van der Waals surface area contributed by atoms with Gasteiger partial charge in [0.1, 0.15) is 18.1 Å². The van der Waals surface area contributed by atoms with Gasteiger partial charge in [0, 0.05) is 31.2 Å². The summed E-state index contributed by atoms with van der Waals surface area (Å²) in [6, 6.07) is 4.18. The Hall–Kier alpha value is -4.26. The van der Waals surface area contributed by atoms with Gasteiger partial charge in [-0.3, -0.25) is 19.2 Å². The molecule has 39 heavy (non-hydrogen) atoms. The Morgan fingerprint density at radius 1 is 0.923 bits per heavy atom. The molecular formula is C26H37N7O6. The summed E-state index contributed by atoms with van der Waals surface area (Å²) in [5.74, 6) is -4.01. The first-order chi connectivity index (χ1) is 18.5. The van der Waals surface area contributed by atoms with Crippen LogP contribution in [0.4, 0.5) is 0 Å². The Kier molecular flexibility index (Phi) is 12.1. The predicted octanol–water partition coefficient (Wildman–Crippen LogP) is -0.627. The van der Waals surface area contributed by atoms with Crippen LogP contribution in [0.15, 0.2) is 42.9 Å². The van der Waals surface area contributed by atoms with Gasteiger partial charge >= 0.3 is 5.97 Å². The van der Waals surface area contributed by atoms with Gasteiger partial charge in [-0.05, 0) is 24.3 Å². The summed E-state index contributed by atoms with van der Waals surface area (Å²) < 4.78 is 0. The molecule has 9 N–H and O–H groups in total. The molecule has 2 aromatic rings. The number of benzene rings is 1. The predicted molar refractivity (Wildman–Crippen MR) is 142 cm³/mol. The highest BCUT2D eigenvalue weighted by Crippen LogP contribution is 2.09. The quantitative estimate of drug-likeness (QED) is 0.144. The number of carboxylic acid groups (broad SMARTS) is 1. The molecule has 4 amide bonds. The number of aliphatic carboxylic acids is 1. The van der Waals surface area contributed by atoms with Crippen LogP contribution >= 0.6 is 0 Å². The van der Waals surface area contributed by atoms with Crippen LogP contribution in [0.25, 0.3) is 0 Å². The van der Waals surface area contributed by atoms with Crippen LogP contribution in [0.5, 0.6) is 0 Å². The van der Waals surface area contributed by atoms with Crippen molar-refractivity contribution in [2.45, 2.75) is 70.1 Å². The topological polar surface area (TPSA) is 222 Å². The van der Waals surface area contributed by atoms with Gasteiger partial charge in [0.25, 0.3) is 0 Å². The van der Waals surface area contributed by atoms with Gasteiger partial charge in [-0.15, -0.1) is 0 Å². The minimum atomic E-state index is -1.28. The van der Waals surface area contributed by atoms with Crippen molar-refractivity contribution in [1.82, 2.24) is 25.9 Å². The number of nitrogens with one attached hydrogen (secondary N) is 4. The summed E-state index contributed by atoms with van der Waals surface area (Å²) in [6.45, 7) is 3.71. The van der Waals surface area contributed by atoms with E-state index < -0.39 is 53.8 Å². The van der Waals surface area contributed by atoms with E-state index in [-0.39, 0.29) is 38.0 Å². The smallest absolute Gasteiger partial charge is 0.326 e. The molecule has 2 rings (SSSR count). The second-order valence-corrected chi connectivity index (χ2v) is 9.73. The molecule has 0 aliphatic heterocycles.